The van der Waals surface area contributed by atoms with Crippen LogP contribution < -0.4 is 0 Å². The average Bonchev–Trinajstić information content (AvgIpc) is 3.20. The molecule has 0 N–H and O–H groups in total. The first-order valence-electron chi connectivity index (χ1n) is 13.4. The first-order valence-corrected chi connectivity index (χ1v) is 13.4. The number of rotatable bonds is 1. The second-order valence-corrected chi connectivity index (χ2v) is 14.8. The number of carbonyl (C=O) groups excluding carboxylic acids is 1. The highest BCUT2D eigenvalue weighted by Crippen LogP contribution is 2.46. The van der Waals surface area contributed by atoms with Crippen molar-refractivity contribution in [3.8, 4) is 0 Å². The van der Waals surface area contributed by atoms with Gasteiger partial charge in [-0.2, -0.15) is 0 Å². The molecule has 0 bridgehead atoms. The lowest BCUT2D eigenvalue weighted by Gasteiger charge is -2.45. The molecule has 2 heterocycles. The van der Waals surface area contributed by atoms with E-state index in [0.717, 1.165) is 31.7 Å². The van der Waals surface area contributed by atoms with Gasteiger partial charge in [0.05, 0.1) is 25.4 Å². The molecule has 0 aromatic heterocycles. The molecule has 1 aromatic carbocycles. The van der Waals surface area contributed by atoms with Gasteiger partial charge in [0.25, 0.3) is 5.91 Å². The van der Waals surface area contributed by atoms with Gasteiger partial charge in [-0.05, 0) is 46.1 Å². The molecule has 2 aliphatic rings. The summed E-state index contributed by atoms with van der Waals surface area (Å²) >= 11 is 0. The Bertz CT molecular complexity index is 783. The highest BCUT2D eigenvalue weighted by Gasteiger charge is 2.48. The van der Waals surface area contributed by atoms with Gasteiger partial charge in [-0.1, -0.05) is 101 Å². The van der Waals surface area contributed by atoms with Crippen LogP contribution in [0.1, 0.15) is 99.9 Å². The molecule has 0 aliphatic carbocycles. The second kappa shape index (κ2) is 10.9. The summed E-state index contributed by atoms with van der Waals surface area (Å²) in [7, 11) is 0. The van der Waals surface area contributed by atoms with E-state index in [0.29, 0.717) is 12.0 Å². The fourth-order valence-electron chi connectivity index (χ4n) is 5.68. The molecule has 2 aliphatic heterocycles. The van der Waals surface area contributed by atoms with E-state index in [-0.39, 0.29) is 39.8 Å². The van der Waals surface area contributed by atoms with E-state index in [2.05, 4.69) is 88.0 Å². The molecular weight excluding hydrogens is 434 g/mol. The standard InChI is InChI=1S/C19H29NO.C12H24O2/c1-18(2,3)15-12-13-20(16(15)19(4,5)6)17(21)14-10-8-7-9-11-14;1-11(2,3)9-10(12(4,5)6)14-8-7-13-9/h7-11,15-16H,12-13H2,1-6H3;9-10H,7-8H2,1-6H3. The van der Waals surface area contributed by atoms with E-state index >= 15 is 0 Å². The van der Waals surface area contributed by atoms with E-state index in [9.17, 15) is 4.79 Å². The second-order valence-electron chi connectivity index (χ2n) is 14.8. The molecule has 35 heavy (non-hydrogen) atoms. The van der Waals surface area contributed by atoms with E-state index in [1.165, 1.54) is 0 Å². The molecule has 4 nitrogen and oxygen atoms in total. The fourth-order valence-corrected chi connectivity index (χ4v) is 5.68. The molecular formula is C31H53NO3. The summed E-state index contributed by atoms with van der Waals surface area (Å²) in [6.07, 6.45) is 1.51. The Balaban J connectivity index is 0.000000269. The summed E-state index contributed by atoms with van der Waals surface area (Å²) in [5.74, 6) is 0.729. The number of likely N-dealkylation sites (tertiary alicyclic amines) is 1. The maximum Gasteiger partial charge on any atom is 0.254 e. The molecule has 2 fully saturated rings. The van der Waals surface area contributed by atoms with E-state index in [4.69, 9.17) is 9.47 Å². The minimum absolute atomic E-state index is 0.0961. The Kier molecular flexibility index (Phi) is 9.31. The SMILES string of the molecule is CC(C)(C)C1CCN(C(=O)c2ccccc2)C1C(C)(C)C.CC(C)(C)C1OCCOC1C(C)(C)C. The number of amides is 1. The number of carbonyl (C=O) groups is 1. The third kappa shape index (κ3) is 7.79. The summed E-state index contributed by atoms with van der Waals surface area (Å²) in [6.45, 7) is 29.3. The molecule has 1 aromatic rings. The van der Waals surface area contributed by atoms with Crippen molar-refractivity contribution in [3.63, 3.8) is 0 Å². The predicted octanol–water partition coefficient (Wildman–Crippen LogP) is 7.47. The van der Waals surface area contributed by atoms with Gasteiger partial charge in [-0.3, -0.25) is 4.79 Å². The Morgan fingerprint density at radius 1 is 0.714 bits per heavy atom. The molecule has 200 valence electrons. The lowest BCUT2D eigenvalue weighted by Crippen LogP contribution is -2.52. The molecule has 0 spiro atoms. The van der Waals surface area contributed by atoms with Gasteiger partial charge in [0, 0.05) is 18.2 Å². The Morgan fingerprint density at radius 2 is 1.17 bits per heavy atom. The third-order valence-corrected chi connectivity index (χ3v) is 7.34. The van der Waals surface area contributed by atoms with Gasteiger partial charge in [0.1, 0.15) is 0 Å². The molecule has 3 rings (SSSR count). The van der Waals surface area contributed by atoms with Gasteiger partial charge in [-0.15, -0.1) is 0 Å². The van der Waals surface area contributed by atoms with Gasteiger partial charge in [0.2, 0.25) is 0 Å². The molecule has 4 unspecified atom stereocenters. The minimum Gasteiger partial charge on any atom is -0.373 e. The number of hydrogen-bond donors (Lipinski definition) is 0. The minimum atomic E-state index is 0.0961. The van der Waals surface area contributed by atoms with Gasteiger partial charge < -0.3 is 14.4 Å². The van der Waals surface area contributed by atoms with Crippen molar-refractivity contribution in [3.05, 3.63) is 35.9 Å². The molecule has 0 radical (unpaired) electrons. The maximum absolute atomic E-state index is 12.9. The van der Waals surface area contributed by atoms with Gasteiger partial charge >= 0.3 is 0 Å². The third-order valence-electron chi connectivity index (χ3n) is 7.34. The van der Waals surface area contributed by atoms with Crippen molar-refractivity contribution >= 4 is 5.91 Å². The summed E-state index contributed by atoms with van der Waals surface area (Å²) in [5.41, 5.74) is 1.43. The van der Waals surface area contributed by atoms with Crippen LogP contribution in [0.2, 0.25) is 0 Å². The van der Waals surface area contributed by atoms with Crippen LogP contribution in [-0.2, 0) is 9.47 Å². The normalized spacial score (nSPS) is 26.2. The lowest BCUT2D eigenvalue weighted by atomic mass is 9.68. The van der Waals surface area contributed by atoms with Crippen LogP contribution in [0.25, 0.3) is 0 Å². The lowest BCUT2D eigenvalue weighted by molar-refractivity contribution is -0.204. The van der Waals surface area contributed by atoms with Crippen molar-refractivity contribution < 1.29 is 14.3 Å². The monoisotopic (exact) mass is 487 g/mol. The van der Waals surface area contributed by atoms with Crippen LogP contribution in [0.15, 0.2) is 30.3 Å². The summed E-state index contributed by atoms with van der Waals surface area (Å²) in [4.78, 5) is 15.0. The zero-order valence-corrected chi connectivity index (χ0v) is 24.7. The van der Waals surface area contributed by atoms with Crippen molar-refractivity contribution in [2.24, 2.45) is 27.6 Å². The van der Waals surface area contributed by atoms with Crippen LogP contribution >= 0.6 is 0 Å². The maximum atomic E-state index is 12.9. The zero-order chi connectivity index (χ0) is 26.8. The summed E-state index contributed by atoms with van der Waals surface area (Å²) in [6, 6.07) is 9.98. The Morgan fingerprint density at radius 3 is 1.54 bits per heavy atom. The topological polar surface area (TPSA) is 38.8 Å². The largest absolute Gasteiger partial charge is 0.373 e. The summed E-state index contributed by atoms with van der Waals surface area (Å²) < 4.78 is 11.7. The van der Waals surface area contributed by atoms with Crippen LogP contribution in [0, 0.1) is 27.6 Å². The quantitative estimate of drug-likeness (QED) is 0.412. The number of benzene rings is 1. The van der Waals surface area contributed by atoms with Crippen LogP contribution in [0.4, 0.5) is 0 Å². The van der Waals surface area contributed by atoms with Crippen molar-refractivity contribution in [1.29, 1.82) is 0 Å². The first kappa shape index (κ1) is 29.8. The van der Waals surface area contributed by atoms with Crippen molar-refractivity contribution in [1.82, 2.24) is 4.90 Å². The van der Waals surface area contributed by atoms with Gasteiger partial charge in [0.15, 0.2) is 0 Å². The summed E-state index contributed by atoms with van der Waals surface area (Å²) in [5, 5.41) is 0. The number of nitrogens with zero attached hydrogens (tertiary/aromatic N) is 1. The zero-order valence-electron chi connectivity index (χ0n) is 24.7. The molecule has 0 saturated carbocycles. The van der Waals surface area contributed by atoms with E-state index in [1.54, 1.807) is 0 Å². The molecule has 4 atom stereocenters. The highest BCUT2D eigenvalue weighted by atomic mass is 16.6. The van der Waals surface area contributed by atoms with Crippen molar-refractivity contribution in [2.45, 2.75) is 108 Å². The van der Waals surface area contributed by atoms with E-state index < -0.39 is 0 Å². The first-order chi connectivity index (χ1) is 15.8. The Labute approximate surface area is 216 Å². The molecule has 4 heteroatoms. The Hall–Kier alpha value is -1.39. The van der Waals surface area contributed by atoms with Crippen LogP contribution in [0.5, 0.6) is 0 Å². The fraction of sp³-hybridized carbons (Fsp3) is 0.774. The molecule has 1 amide bonds. The predicted molar refractivity (Wildman–Crippen MR) is 147 cm³/mol. The van der Waals surface area contributed by atoms with Crippen molar-refractivity contribution in [2.75, 3.05) is 19.8 Å². The van der Waals surface area contributed by atoms with Crippen LogP contribution in [-0.4, -0.2) is 48.8 Å². The molecule has 2 saturated heterocycles. The smallest absolute Gasteiger partial charge is 0.254 e. The number of ether oxygens (including phenoxy) is 2. The average molecular weight is 488 g/mol. The highest BCUT2D eigenvalue weighted by molar-refractivity contribution is 5.94. The van der Waals surface area contributed by atoms with Gasteiger partial charge in [-0.25, -0.2) is 0 Å². The number of hydrogen-bond acceptors (Lipinski definition) is 3. The van der Waals surface area contributed by atoms with Crippen LogP contribution in [0.3, 0.4) is 0 Å². The van der Waals surface area contributed by atoms with E-state index in [1.807, 2.05) is 30.3 Å².